The van der Waals surface area contributed by atoms with Crippen molar-refractivity contribution >= 4 is 40.5 Å². The molecular formula is C23H28N4O5. The van der Waals surface area contributed by atoms with Gasteiger partial charge in [-0.1, -0.05) is 12.1 Å². The fourth-order valence-corrected chi connectivity index (χ4v) is 2.89. The van der Waals surface area contributed by atoms with Gasteiger partial charge >= 0.3 is 6.09 Å². The zero-order chi connectivity index (χ0) is 23.1. The Hall–Kier alpha value is -3.75. The van der Waals surface area contributed by atoms with Crippen LogP contribution >= 0.6 is 0 Å². The van der Waals surface area contributed by atoms with Crippen LogP contribution in [-0.2, 0) is 9.53 Å². The highest BCUT2D eigenvalue weighted by atomic mass is 16.6. The van der Waals surface area contributed by atoms with Crippen LogP contribution in [0.1, 0.15) is 33.6 Å². The number of nitrogens with one attached hydrogen (secondary N) is 3. The third-order valence-corrected chi connectivity index (χ3v) is 4.27. The number of carbonyl (C=O) groups excluding carboxylic acids is 2. The molecule has 2 amide bonds. The molecule has 0 unspecified atom stereocenters. The van der Waals surface area contributed by atoms with E-state index in [9.17, 15) is 9.59 Å². The minimum absolute atomic E-state index is 0.169. The second kappa shape index (κ2) is 10.0. The number of rotatable bonds is 8. The van der Waals surface area contributed by atoms with Gasteiger partial charge in [0, 0.05) is 24.7 Å². The van der Waals surface area contributed by atoms with Gasteiger partial charge in [-0.3, -0.25) is 4.79 Å². The lowest BCUT2D eigenvalue weighted by molar-refractivity contribution is -0.116. The minimum Gasteiger partial charge on any atom is -0.494 e. The van der Waals surface area contributed by atoms with Crippen molar-refractivity contribution in [2.75, 3.05) is 24.3 Å². The Bertz CT molecular complexity index is 1050. The van der Waals surface area contributed by atoms with Crippen molar-refractivity contribution in [3.8, 4) is 5.75 Å². The Morgan fingerprint density at radius 3 is 2.62 bits per heavy atom. The number of aromatic nitrogens is 1. The largest absolute Gasteiger partial charge is 0.494 e. The van der Waals surface area contributed by atoms with Gasteiger partial charge in [-0.15, -0.1) is 0 Å². The van der Waals surface area contributed by atoms with Crippen LogP contribution in [-0.4, -0.2) is 36.2 Å². The van der Waals surface area contributed by atoms with Gasteiger partial charge in [0.15, 0.2) is 5.58 Å². The van der Waals surface area contributed by atoms with Gasteiger partial charge in [-0.25, -0.2) is 4.79 Å². The maximum atomic E-state index is 12.2. The second-order valence-corrected chi connectivity index (χ2v) is 8.11. The van der Waals surface area contributed by atoms with E-state index in [1.807, 2.05) is 24.3 Å². The summed E-state index contributed by atoms with van der Waals surface area (Å²) in [5.74, 6) is 0.356. The third-order valence-electron chi connectivity index (χ3n) is 4.27. The monoisotopic (exact) mass is 440 g/mol. The van der Waals surface area contributed by atoms with Crippen molar-refractivity contribution in [1.82, 2.24) is 10.3 Å². The predicted octanol–water partition coefficient (Wildman–Crippen LogP) is 4.82. The van der Waals surface area contributed by atoms with Crippen LogP contribution in [0.2, 0.25) is 0 Å². The summed E-state index contributed by atoms with van der Waals surface area (Å²) in [6.07, 6.45) is 0.241. The van der Waals surface area contributed by atoms with Crippen LogP contribution in [0.3, 0.4) is 0 Å². The average Bonchev–Trinajstić information content (AvgIpc) is 3.13. The molecule has 0 aliphatic rings. The van der Waals surface area contributed by atoms with Crippen molar-refractivity contribution in [3.05, 3.63) is 42.5 Å². The molecule has 1 aromatic heterocycles. The number of benzene rings is 2. The smallest absolute Gasteiger partial charge is 0.407 e. The zero-order valence-corrected chi connectivity index (χ0v) is 18.7. The van der Waals surface area contributed by atoms with Crippen LogP contribution < -0.4 is 20.7 Å². The van der Waals surface area contributed by atoms with Crippen molar-refractivity contribution < 1.29 is 23.5 Å². The summed E-state index contributed by atoms with van der Waals surface area (Å²) in [6, 6.07) is 13.1. The number of amides is 2. The molecule has 2 aromatic carbocycles. The van der Waals surface area contributed by atoms with Crippen LogP contribution in [0, 0.1) is 0 Å². The first kappa shape index (κ1) is 22.9. The average molecular weight is 441 g/mol. The van der Waals surface area contributed by atoms with Crippen LogP contribution in [0.5, 0.6) is 5.75 Å². The quantitative estimate of drug-likeness (QED) is 0.430. The Morgan fingerprint density at radius 1 is 1.12 bits per heavy atom. The van der Waals surface area contributed by atoms with Gasteiger partial charge in [0.25, 0.3) is 6.01 Å². The van der Waals surface area contributed by atoms with Crippen molar-refractivity contribution in [1.29, 1.82) is 0 Å². The predicted molar refractivity (Wildman–Crippen MR) is 122 cm³/mol. The first-order valence-corrected chi connectivity index (χ1v) is 10.3. The lowest BCUT2D eigenvalue weighted by Crippen LogP contribution is -2.33. The van der Waals surface area contributed by atoms with E-state index in [0.717, 1.165) is 5.52 Å². The van der Waals surface area contributed by atoms with E-state index in [0.29, 0.717) is 41.7 Å². The van der Waals surface area contributed by atoms with E-state index < -0.39 is 11.7 Å². The minimum atomic E-state index is -0.554. The second-order valence-electron chi connectivity index (χ2n) is 8.11. The number of methoxy groups -OCH3 is 1. The summed E-state index contributed by atoms with van der Waals surface area (Å²) in [6.45, 7) is 5.73. The Kier molecular flexibility index (Phi) is 7.19. The highest BCUT2D eigenvalue weighted by Gasteiger charge is 2.16. The topological polar surface area (TPSA) is 115 Å². The molecule has 170 valence electrons. The molecule has 3 N–H and O–H groups in total. The number of oxazole rings is 1. The molecule has 0 saturated carbocycles. The Labute approximate surface area is 186 Å². The summed E-state index contributed by atoms with van der Waals surface area (Å²) in [4.78, 5) is 28.2. The molecule has 0 aliphatic carbocycles. The summed E-state index contributed by atoms with van der Waals surface area (Å²) < 4.78 is 16.3. The number of fused-ring (bicyclic) bond motifs is 1. The number of anilines is 3. The third kappa shape index (κ3) is 6.63. The number of hydrogen-bond donors (Lipinski definition) is 3. The van der Waals surface area contributed by atoms with E-state index in [2.05, 4.69) is 20.9 Å². The standard InChI is InChI=1S/C23H28N4O5/c1-23(2,3)32-22(29)24-13-7-10-20(28)25-15-11-12-17(19(14-15)30-4)27-21-26-16-8-5-6-9-18(16)31-21/h5-6,8-9,11-12,14H,7,10,13H2,1-4H3,(H,24,29)(H,25,28)(H,26,27). The van der Waals surface area contributed by atoms with Gasteiger partial charge in [0.2, 0.25) is 5.91 Å². The van der Waals surface area contributed by atoms with E-state index in [1.54, 1.807) is 46.1 Å². The summed E-state index contributed by atoms with van der Waals surface area (Å²) in [7, 11) is 1.54. The van der Waals surface area contributed by atoms with Crippen LogP contribution in [0.4, 0.5) is 22.2 Å². The van der Waals surface area contributed by atoms with Gasteiger partial charge in [-0.2, -0.15) is 4.98 Å². The fraction of sp³-hybridized carbons (Fsp3) is 0.348. The molecule has 9 heteroatoms. The molecule has 0 saturated heterocycles. The Balaban J connectivity index is 1.51. The molecule has 1 heterocycles. The zero-order valence-electron chi connectivity index (χ0n) is 18.7. The van der Waals surface area contributed by atoms with Crippen molar-refractivity contribution in [3.63, 3.8) is 0 Å². The molecule has 3 aromatic rings. The van der Waals surface area contributed by atoms with Crippen LogP contribution in [0.25, 0.3) is 11.1 Å². The molecule has 0 atom stereocenters. The highest BCUT2D eigenvalue weighted by molar-refractivity contribution is 5.91. The molecule has 0 radical (unpaired) electrons. The van der Waals surface area contributed by atoms with E-state index in [-0.39, 0.29) is 12.3 Å². The first-order chi connectivity index (χ1) is 15.2. The highest BCUT2D eigenvalue weighted by Crippen LogP contribution is 2.31. The summed E-state index contributed by atoms with van der Waals surface area (Å²) >= 11 is 0. The fourth-order valence-electron chi connectivity index (χ4n) is 2.89. The molecule has 0 spiro atoms. The number of hydrogen-bond acceptors (Lipinski definition) is 7. The summed E-state index contributed by atoms with van der Waals surface area (Å²) in [5.41, 5.74) is 2.12. The number of alkyl carbamates (subject to hydrolysis) is 1. The SMILES string of the molecule is COc1cc(NC(=O)CCCNC(=O)OC(C)(C)C)ccc1Nc1nc2ccccc2o1. The maximum Gasteiger partial charge on any atom is 0.407 e. The van der Waals surface area contributed by atoms with Crippen LogP contribution in [0.15, 0.2) is 46.9 Å². The molecular weight excluding hydrogens is 412 g/mol. The summed E-state index contributed by atoms with van der Waals surface area (Å²) in [5, 5.41) is 8.55. The molecule has 0 fully saturated rings. The van der Waals surface area contributed by atoms with Gasteiger partial charge in [-0.05, 0) is 51.5 Å². The number of carbonyl (C=O) groups is 2. The number of ether oxygens (including phenoxy) is 2. The Morgan fingerprint density at radius 2 is 1.91 bits per heavy atom. The van der Waals surface area contributed by atoms with Gasteiger partial charge in [0.05, 0.1) is 12.8 Å². The molecule has 3 rings (SSSR count). The van der Waals surface area contributed by atoms with Gasteiger partial charge < -0.3 is 29.8 Å². The molecule has 9 nitrogen and oxygen atoms in total. The molecule has 0 aliphatic heterocycles. The normalized spacial score (nSPS) is 11.1. The lowest BCUT2D eigenvalue weighted by Gasteiger charge is -2.19. The van der Waals surface area contributed by atoms with E-state index in [1.165, 1.54) is 0 Å². The van der Waals surface area contributed by atoms with Crippen molar-refractivity contribution in [2.45, 2.75) is 39.2 Å². The van der Waals surface area contributed by atoms with Gasteiger partial charge in [0.1, 0.15) is 16.9 Å². The first-order valence-electron chi connectivity index (χ1n) is 10.3. The maximum absolute atomic E-state index is 12.2. The van der Waals surface area contributed by atoms with E-state index in [4.69, 9.17) is 13.9 Å². The van der Waals surface area contributed by atoms with Crippen molar-refractivity contribution in [2.24, 2.45) is 0 Å². The number of nitrogens with zero attached hydrogens (tertiary/aromatic N) is 1. The molecule has 32 heavy (non-hydrogen) atoms. The number of para-hydroxylation sites is 2. The molecule has 0 bridgehead atoms. The lowest BCUT2D eigenvalue weighted by atomic mass is 10.2. The van der Waals surface area contributed by atoms with E-state index >= 15 is 0 Å².